The van der Waals surface area contributed by atoms with Crippen LogP contribution in [0.3, 0.4) is 0 Å². The number of anilines is 1. The molecule has 1 aliphatic heterocycles. The lowest BCUT2D eigenvalue weighted by Crippen LogP contribution is -2.62. The summed E-state index contributed by atoms with van der Waals surface area (Å²) in [6.45, 7) is 4.08. The number of amides is 1. The van der Waals surface area contributed by atoms with Gasteiger partial charge in [-0.05, 0) is 42.5 Å². The number of hydrogen-bond donors (Lipinski definition) is 1. The third-order valence-corrected chi connectivity index (χ3v) is 5.58. The number of aromatic nitrogens is 2. The predicted molar refractivity (Wildman–Crippen MR) is 112 cm³/mol. The van der Waals surface area contributed by atoms with E-state index in [0.717, 1.165) is 35.1 Å². The van der Waals surface area contributed by atoms with E-state index >= 15 is 0 Å². The normalized spacial score (nSPS) is 22.2. The molecule has 30 heavy (non-hydrogen) atoms. The highest BCUT2D eigenvalue weighted by atomic mass is 19.3. The Morgan fingerprint density at radius 3 is 2.93 bits per heavy atom. The Bertz CT molecular complexity index is 1010. The fraction of sp³-hybridized carbons (Fsp3) is 0.409. The molecule has 2 atom stereocenters. The first kappa shape index (κ1) is 20.3. The van der Waals surface area contributed by atoms with Crippen molar-refractivity contribution < 1.29 is 18.3 Å². The third kappa shape index (κ3) is 3.99. The Morgan fingerprint density at radius 2 is 2.23 bits per heavy atom. The van der Waals surface area contributed by atoms with Crippen LogP contribution in [0.15, 0.2) is 53.8 Å². The number of nitrogens with zero attached hydrogens (tertiary/aromatic N) is 3. The first-order valence-electron chi connectivity index (χ1n) is 10.0. The van der Waals surface area contributed by atoms with E-state index in [1.54, 1.807) is 23.4 Å². The highest BCUT2D eigenvalue weighted by molar-refractivity contribution is 6.05. The van der Waals surface area contributed by atoms with Gasteiger partial charge in [0.1, 0.15) is 0 Å². The molecule has 0 bridgehead atoms. The van der Waals surface area contributed by atoms with Crippen molar-refractivity contribution in [3.8, 4) is 0 Å². The average Bonchev–Trinajstić information content (AvgIpc) is 3.42. The van der Waals surface area contributed by atoms with Crippen molar-refractivity contribution in [1.82, 2.24) is 9.97 Å². The number of carbonyl (C=O) groups excluding carboxylic acids is 1. The van der Waals surface area contributed by atoms with E-state index in [1.165, 1.54) is 7.05 Å². The van der Waals surface area contributed by atoms with Crippen LogP contribution < -0.4 is 4.90 Å². The van der Waals surface area contributed by atoms with Gasteiger partial charge in [-0.3, -0.25) is 9.79 Å². The van der Waals surface area contributed by atoms with Crippen molar-refractivity contribution in [2.45, 2.75) is 31.7 Å². The Labute approximate surface area is 173 Å². The minimum atomic E-state index is -2.41. The zero-order valence-electron chi connectivity index (χ0n) is 16.7. The summed E-state index contributed by atoms with van der Waals surface area (Å²) in [5.41, 5.74) is 3.26. The summed E-state index contributed by atoms with van der Waals surface area (Å²) in [4.78, 5) is 26.0. The van der Waals surface area contributed by atoms with E-state index in [0.29, 0.717) is 5.92 Å². The fourth-order valence-electron chi connectivity index (χ4n) is 3.90. The summed E-state index contributed by atoms with van der Waals surface area (Å²) in [7, 11) is 1.54. The van der Waals surface area contributed by atoms with E-state index in [4.69, 9.17) is 4.74 Å². The van der Waals surface area contributed by atoms with Gasteiger partial charge in [0.2, 0.25) is 18.2 Å². The molecule has 2 heterocycles. The summed E-state index contributed by atoms with van der Waals surface area (Å²) in [6.07, 6.45) is 4.35. The fourth-order valence-corrected chi connectivity index (χ4v) is 3.90. The number of benzene rings is 1. The maximum absolute atomic E-state index is 12.9. The molecule has 1 aromatic carbocycles. The summed E-state index contributed by atoms with van der Waals surface area (Å²) < 4.78 is 29.9. The van der Waals surface area contributed by atoms with Crippen molar-refractivity contribution in [2.75, 3.05) is 18.6 Å². The number of rotatable bonds is 8. The molecule has 1 saturated heterocycles. The lowest BCUT2D eigenvalue weighted by atomic mass is 9.78. The van der Waals surface area contributed by atoms with Gasteiger partial charge in [0, 0.05) is 25.2 Å². The Kier molecular flexibility index (Phi) is 5.65. The summed E-state index contributed by atoms with van der Waals surface area (Å²) in [6, 6.07) is 5.54. The molecular weight excluding hydrogens is 390 g/mol. The SMILES string of the molecule is C=C(/C=C\C(=NC)OCCC(F)F)[C@H]1[C@@H](C2CC2)C(=O)N1c1ccc2nc[nH]c2c1. The van der Waals surface area contributed by atoms with Gasteiger partial charge in [-0.15, -0.1) is 0 Å². The topological polar surface area (TPSA) is 70.6 Å². The van der Waals surface area contributed by atoms with Crippen LogP contribution in [0.1, 0.15) is 19.3 Å². The maximum atomic E-state index is 12.9. The lowest BCUT2D eigenvalue weighted by molar-refractivity contribution is -0.130. The number of alkyl halides is 2. The van der Waals surface area contributed by atoms with Crippen LogP contribution in [0.25, 0.3) is 11.0 Å². The molecule has 4 rings (SSSR count). The van der Waals surface area contributed by atoms with Crippen molar-refractivity contribution in [2.24, 2.45) is 16.8 Å². The van der Waals surface area contributed by atoms with Crippen LogP contribution in [0.5, 0.6) is 0 Å². The molecule has 0 radical (unpaired) electrons. The van der Waals surface area contributed by atoms with E-state index in [2.05, 4.69) is 21.5 Å². The Morgan fingerprint density at radius 1 is 1.43 bits per heavy atom. The molecule has 0 unspecified atom stereocenters. The zero-order valence-corrected chi connectivity index (χ0v) is 16.7. The van der Waals surface area contributed by atoms with Gasteiger partial charge >= 0.3 is 0 Å². The average molecular weight is 414 g/mol. The molecule has 1 N–H and O–H groups in total. The molecule has 158 valence electrons. The molecule has 1 aliphatic carbocycles. The number of fused-ring (bicyclic) bond motifs is 1. The van der Waals surface area contributed by atoms with Crippen molar-refractivity contribution >= 4 is 28.5 Å². The number of ether oxygens (including phenoxy) is 1. The van der Waals surface area contributed by atoms with Gasteiger partial charge in [-0.25, -0.2) is 13.8 Å². The number of imidazole rings is 1. The molecule has 1 saturated carbocycles. The number of carbonyl (C=O) groups is 1. The highest BCUT2D eigenvalue weighted by Crippen LogP contribution is 2.49. The smallest absolute Gasteiger partial charge is 0.241 e. The quantitative estimate of drug-likeness (QED) is 0.306. The number of halogens is 2. The first-order valence-corrected chi connectivity index (χ1v) is 10.0. The second-order valence-corrected chi connectivity index (χ2v) is 7.62. The van der Waals surface area contributed by atoms with Gasteiger partial charge in [0.25, 0.3) is 0 Å². The summed E-state index contributed by atoms with van der Waals surface area (Å²) in [5.74, 6) is 0.673. The largest absolute Gasteiger partial charge is 0.478 e. The second kappa shape index (κ2) is 8.38. The van der Waals surface area contributed by atoms with Gasteiger partial charge < -0.3 is 14.6 Å². The van der Waals surface area contributed by atoms with Crippen LogP contribution in [-0.2, 0) is 9.53 Å². The maximum Gasteiger partial charge on any atom is 0.241 e. The van der Waals surface area contributed by atoms with Crippen molar-refractivity contribution in [3.63, 3.8) is 0 Å². The van der Waals surface area contributed by atoms with Crippen molar-refractivity contribution in [1.29, 1.82) is 0 Å². The molecule has 0 spiro atoms. The summed E-state index contributed by atoms with van der Waals surface area (Å²) in [5, 5.41) is 0. The van der Waals surface area contributed by atoms with E-state index in [9.17, 15) is 13.6 Å². The number of nitrogens with one attached hydrogen (secondary N) is 1. The molecule has 2 aromatic rings. The van der Waals surface area contributed by atoms with Crippen LogP contribution in [-0.4, -0.2) is 47.9 Å². The van der Waals surface area contributed by atoms with Crippen LogP contribution in [0.2, 0.25) is 0 Å². The van der Waals surface area contributed by atoms with E-state index in [1.807, 2.05) is 18.2 Å². The molecule has 1 amide bonds. The third-order valence-electron chi connectivity index (χ3n) is 5.58. The molecule has 2 fully saturated rings. The van der Waals surface area contributed by atoms with Crippen LogP contribution >= 0.6 is 0 Å². The Hall–Kier alpha value is -3.03. The number of aliphatic imine (C=N–C) groups is 1. The van der Waals surface area contributed by atoms with Gasteiger partial charge in [-0.1, -0.05) is 12.7 Å². The molecular formula is C22H24F2N4O2. The van der Waals surface area contributed by atoms with Gasteiger partial charge in [-0.2, -0.15) is 0 Å². The first-order chi connectivity index (χ1) is 14.5. The highest BCUT2D eigenvalue weighted by Gasteiger charge is 2.55. The number of β-lactam (4-membered cyclic amide) rings is 1. The van der Waals surface area contributed by atoms with E-state index in [-0.39, 0.29) is 36.8 Å². The molecule has 6 nitrogen and oxygen atoms in total. The van der Waals surface area contributed by atoms with Gasteiger partial charge in [0.05, 0.1) is 35.9 Å². The lowest BCUT2D eigenvalue weighted by Gasteiger charge is -2.48. The predicted octanol–water partition coefficient (Wildman–Crippen LogP) is 4.12. The standard InChI is InChI=1S/C22H24F2N4O2/c1-13(3-8-19(25-2)30-10-9-18(23)24)21-20(14-4-5-14)22(29)28(21)15-6-7-16-17(11-15)27-12-26-16/h3,6-8,11-12,14,18,20-21H,1,4-5,9-10H2,2H3,(H,26,27)/b8-3-,25-19?/t20-,21+/m1/s1. The molecule has 1 aromatic heterocycles. The summed E-state index contributed by atoms with van der Waals surface area (Å²) >= 11 is 0. The number of H-pyrrole nitrogens is 1. The second-order valence-electron chi connectivity index (χ2n) is 7.62. The van der Waals surface area contributed by atoms with Crippen LogP contribution in [0, 0.1) is 11.8 Å². The zero-order chi connectivity index (χ0) is 21.3. The van der Waals surface area contributed by atoms with Gasteiger partial charge in [0.15, 0.2) is 0 Å². The monoisotopic (exact) mass is 414 g/mol. The van der Waals surface area contributed by atoms with E-state index < -0.39 is 6.43 Å². The number of aromatic amines is 1. The Balaban J connectivity index is 1.51. The minimum Gasteiger partial charge on any atom is -0.478 e. The molecule has 2 aliphatic rings. The molecule has 8 heteroatoms. The minimum absolute atomic E-state index is 0.0821. The van der Waals surface area contributed by atoms with Crippen molar-refractivity contribution in [3.05, 3.63) is 48.8 Å². The van der Waals surface area contributed by atoms with Crippen LogP contribution in [0.4, 0.5) is 14.5 Å². The number of hydrogen-bond acceptors (Lipinski definition) is 4.